The van der Waals surface area contributed by atoms with Crippen LogP contribution in [0.15, 0.2) is 78.9 Å². The average molecular weight is 388 g/mol. The van der Waals surface area contributed by atoms with Crippen LogP contribution in [0.25, 0.3) is 0 Å². The van der Waals surface area contributed by atoms with Crippen molar-refractivity contribution in [2.24, 2.45) is 0 Å². The first-order chi connectivity index (χ1) is 14.2. The number of carbonyl (C=O) groups is 1. The molecule has 29 heavy (non-hydrogen) atoms. The Labute approximate surface area is 173 Å². The molecule has 4 nitrogen and oxygen atoms in total. The quantitative estimate of drug-likeness (QED) is 0.464. The van der Waals surface area contributed by atoms with E-state index >= 15 is 0 Å². The third-order valence-corrected chi connectivity index (χ3v) is 4.89. The molecule has 0 saturated heterocycles. The molecule has 3 aromatic rings. The molecule has 0 spiro atoms. The van der Waals surface area contributed by atoms with E-state index in [1.54, 1.807) is 0 Å². The summed E-state index contributed by atoms with van der Waals surface area (Å²) in [5.41, 5.74) is 5.28. The number of hydrogen-bond donors (Lipinski definition) is 3. The zero-order valence-electron chi connectivity index (χ0n) is 17.1. The van der Waals surface area contributed by atoms with Gasteiger partial charge >= 0.3 is 0 Å². The Morgan fingerprint density at radius 1 is 0.828 bits per heavy atom. The largest absolute Gasteiger partial charge is 0.383 e. The maximum absolute atomic E-state index is 12.6. The summed E-state index contributed by atoms with van der Waals surface area (Å²) in [5, 5.41) is 9.78. The Bertz CT molecular complexity index is 907. The van der Waals surface area contributed by atoms with Crippen molar-refractivity contribution in [2.45, 2.75) is 32.7 Å². The molecule has 0 heterocycles. The smallest absolute Gasteiger partial charge is 0.246 e. The van der Waals surface area contributed by atoms with Crippen molar-refractivity contribution in [2.75, 3.05) is 22.5 Å². The van der Waals surface area contributed by atoms with E-state index in [2.05, 4.69) is 47.1 Å². The fourth-order valence-electron chi connectivity index (χ4n) is 3.12. The zero-order chi connectivity index (χ0) is 20.5. The van der Waals surface area contributed by atoms with Crippen LogP contribution in [0.3, 0.4) is 0 Å². The van der Waals surface area contributed by atoms with Gasteiger partial charge in [0.1, 0.15) is 6.04 Å². The molecule has 1 amide bonds. The number of anilines is 3. The molecule has 0 aromatic heterocycles. The summed E-state index contributed by atoms with van der Waals surface area (Å²) in [7, 11) is 0. The summed E-state index contributed by atoms with van der Waals surface area (Å²) in [6.45, 7) is 4.81. The van der Waals surface area contributed by atoms with Crippen LogP contribution in [0.4, 0.5) is 17.1 Å². The van der Waals surface area contributed by atoms with Gasteiger partial charge in [0, 0.05) is 12.2 Å². The predicted molar refractivity (Wildman–Crippen MR) is 123 cm³/mol. The normalized spacial score (nSPS) is 11.5. The van der Waals surface area contributed by atoms with Crippen LogP contribution in [-0.2, 0) is 17.6 Å². The highest BCUT2D eigenvalue weighted by Gasteiger charge is 2.14. The molecule has 3 rings (SSSR count). The van der Waals surface area contributed by atoms with Crippen LogP contribution in [0.5, 0.6) is 0 Å². The molecule has 0 fully saturated rings. The second kappa shape index (κ2) is 10.3. The van der Waals surface area contributed by atoms with Gasteiger partial charge in [-0.2, -0.15) is 0 Å². The average Bonchev–Trinajstić information content (AvgIpc) is 2.76. The van der Waals surface area contributed by atoms with E-state index in [-0.39, 0.29) is 11.9 Å². The Morgan fingerprint density at radius 3 is 2.17 bits per heavy atom. The van der Waals surface area contributed by atoms with Gasteiger partial charge in [-0.1, -0.05) is 61.5 Å². The molecular weight excluding hydrogens is 358 g/mol. The molecular formula is C25H29N3O. The number of nitrogens with one attached hydrogen (secondary N) is 3. The van der Waals surface area contributed by atoms with E-state index in [4.69, 9.17) is 0 Å². The highest BCUT2D eigenvalue weighted by molar-refractivity contribution is 5.96. The molecule has 3 N–H and O–H groups in total. The van der Waals surface area contributed by atoms with Crippen molar-refractivity contribution in [3.63, 3.8) is 0 Å². The van der Waals surface area contributed by atoms with Crippen LogP contribution >= 0.6 is 0 Å². The van der Waals surface area contributed by atoms with Gasteiger partial charge < -0.3 is 16.0 Å². The highest BCUT2D eigenvalue weighted by Crippen LogP contribution is 2.22. The number of hydrogen-bond acceptors (Lipinski definition) is 3. The molecule has 0 unspecified atom stereocenters. The highest BCUT2D eigenvalue weighted by atomic mass is 16.2. The van der Waals surface area contributed by atoms with Crippen molar-refractivity contribution >= 4 is 23.0 Å². The van der Waals surface area contributed by atoms with Gasteiger partial charge in [-0.25, -0.2) is 0 Å². The van der Waals surface area contributed by atoms with Crippen LogP contribution in [0, 0.1) is 0 Å². The number of carbonyl (C=O) groups excluding carboxylic acids is 1. The summed E-state index contributed by atoms with van der Waals surface area (Å²) in [5.74, 6) is -0.0617. The molecule has 0 bridgehead atoms. The minimum atomic E-state index is -0.363. The minimum Gasteiger partial charge on any atom is -0.383 e. The zero-order valence-corrected chi connectivity index (χ0v) is 17.1. The first kappa shape index (κ1) is 20.5. The van der Waals surface area contributed by atoms with Crippen molar-refractivity contribution < 1.29 is 4.79 Å². The van der Waals surface area contributed by atoms with E-state index in [1.165, 1.54) is 11.1 Å². The van der Waals surface area contributed by atoms with E-state index in [0.717, 1.165) is 36.4 Å². The lowest BCUT2D eigenvalue weighted by atomic mass is 10.1. The maximum atomic E-state index is 12.6. The molecule has 0 aliphatic heterocycles. The number of amides is 1. The Hall–Kier alpha value is -3.27. The number of benzene rings is 3. The van der Waals surface area contributed by atoms with Gasteiger partial charge in [0.2, 0.25) is 5.91 Å². The lowest BCUT2D eigenvalue weighted by Gasteiger charge is -2.19. The summed E-state index contributed by atoms with van der Waals surface area (Å²) in [4.78, 5) is 12.6. The molecule has 0 aliphatic carbocycles. The molecule has 1 atom stereocenters. The lowest BCUT2D eigenvalue weighted by Crippen LogP contribution is -2.32. The van der Waals surface area contributed by atoms with Crippen molar-refractivity contribution in [3.05, 3.63) is 90.0 Å². The predicted octanol–water partition coefficient (Wildman–Crippen LogP) is 5.34. The molecule has 0 aliphatic rings. The second-order valence-corrected chi connectivity index (χ2v) is 7.11. The fourth-order valence-corrected chi connectivity index (χ4v) is 3.12. The van der Waals surface area contributed by atoms with Crippen molar-refractivity contribution in [1.82, 2.24) is 0 Å². The molecule has 0 radical (unpaired) electrons. The third-order valence-electron chi connectivity index (χ3n) is 4.89. The summed E-state index contributed by atoms with van der Waals surface area (Å²) in [6.07, 6.45) is 1.93. The van der Waals surface area contributed by atoms with E-state index < -0.39 is 0 Å². The van der Waals surface area contributed by atoms with Gasteiger partial charge in [0.15, 0.2) is 0 Å². The first-order valence-electron chi connectivity index (χ1n) is 10.2. The van der Waals surface area contributed by atoms with Gasteiger partial charge in [-0.15, -0.1) is 0 Å². The van der Waals surface area contributed by atoms with E-state index in [1.807, 2.05) is 61.5 Å². The fraction of sp³-hybridized carbons (Fsp3) is 0.240. The van der Waals surface area contributed by atoms with Gasteiger partial charge in [0.05, 0.1) is 11.4 Å². The van der Waals surface area contributed by atoms with Crippen LogP contribution < -0.4 is 16.0 Å². The van der Waals surface area contributed by atoms with Crippen LogP contribution in [-0.4, -0.2) is 18.5 Å². The van der Waals surface area contributed by atoms with E-state index in [9.17, 15) is 4.79 Å². The molecule has 0 saturated carbocycles. The number of rotatable bonds is 9. The first-order valence-corrected chi connectivity index (χ1v) is 10.2. The van der Waals surface area contributed by atoms with E-state index in [0.29, 0.717) is 0 Å². The van der Waals surface area contributed by atoms with Gasteiger partial charge in [-0.3, -0.25) is 4.79 Å². The van der Waals surface area contributed by atoms with Crippen molar-refractivity contribution in [3.8, 4) is 0 Å². The van der Waals surface area contributed by atoms with Crippen LogP contribution in [0.2, 0.25) is 0 Å². The second-order valence-electron chi connectivity index (χ2n) is 7.11. The Morgan fingerprint density at radius 2 is 1.48 bits per heavy atom. The lowest BCUT2D eigenvalue weighted by molar-refractivity contribution is -0.116. The standard InChI is InChI=1S/C25H29N3O/c1-3-20-13-15-22(16-14-20)28-25(29)19(2)27-24-12-8-7-11-23(24)26-18-17-21-9-5-4-6-10-21/h4-16,19,26-27H,3,17-18H2,1-2H3,(H,28,29)/t19-/m1/s1. The number of para-hydroxylation sites is 2. The van der Waals surface area contributed by atoms with Gasteiger partial charge in [-0.05, 0) is 55.2 Å². The molecule has 150 valence electrons. The third kappa shape index (κ3) is 6.11. The van der Waals surface area contributed by atoms with Gasteiger partial charge in [0.25, 0.3) is 0 Å². The molecule has 3 aromatic carbocycles. The summed E-state index contributed by atoms with van der Waals surface area (Å²) in [6, 6.07) is 26.0. The summed E-state index contributed by atoms with van der Waals surface area (Å²) < 4.78 is 0. The monoisotopic (exact) mass is 387 g/mol. The number of aryl methyl sites for hydroxylation is 1. The topological polar surface area (TPSA) is 53.2 Å². The SMILES string of the molecule is CCc1ccc(NC(=O)[C@@H](C)Nc2ccccc2NCCc2ccccc2)cc1. The minimum absolute atomic E-state index is 0.0617. The van der Waals surface area contributed by atoms with Crippen LogP contribution in [0.1, 0.15) is 25.0 Å². The Balaban J connectivity index is 1.56. The maximum Gasteiger partial charge on any atom is 0.246 e. The Kier molecular flexibility index (Phi) is 7.28. The molecule has 4 heteroatoms. The summed E-state index contributed by atoms with van der Waals surface area (Å²) >= 11 is 0. The van der Waals surface area contributed by atoms with Crippen molar-refractivity contribution in [1.29, 1.82) is 0 Å².